The summed E-state index contributed by atoms with van der Waals surface area (Å²) in [4.78, 5) is 16.6. The monoisotopic (exact) mass is 423 g/mol. The van der Waals surface area contributed by atoms with Gasteiger partial charge in [-0.05, 0) is 49.2 Å². The summed E-state index contributed by atoms with van der Waals surface area (Å²) < 4.78 is 29.2. The fraction of sp³-hybridized carbons (Fsp3) is 0.174. The molecule has 5 rings (SSSR count). The maximum Gasteiger partial charge on any atom is 0.274 e. The topological polar surface area (TPSA) is 49.8 Å². The van der Waals surface area contributed by atoms with Gasteiger partial charge >= 0.3 is 0 Å². The van der Waals surface area contributed by atoms with Crippen molar-refractivity contribution in [2.24, 2.45) is 7.05 Å². The largest absolute Gasteiger partial charge is 0.357 e. The molecule has 7 heteroatoms. The van der Waals surface area contributed by atoms with Crippen LogP contribution in [0.2, 0.25) is 0 Å². The lowest BCUT2D eigenvalue weighted by molar-refractivity contribution is 0.586. The van der Waals surface area contributed by atoms with E-state index in [0.717, 1.165) is 27.5 Å². The molecule has 2 aromatic carbocycles. The number of anilines is 2. The lowest BCUT2D eigenvalue weighted by atomic mass is 10.0. The molecule has 1 fully saturated rings. The molecule has 0 radical (unpaired) electrons. The first-order valence-corrected chi connectivity index (χ1v) is 10.6. The highest BCUT2D eigenvalue weighted by atomic mass is 32.2. The first-order chi connectivity index (χ1) is 14.5. The van der Waals surface area contributed by atoms with E-state index < -0.39 is 11.6 Å². The fourth-order valence-corrected chi connectivity index (χ4v) is 4.62. The Kier molecular flexibility index (Phi) is 4.62. The number of aryl methyl sites for hydroxylation is 1. The van der Waals surface area contributed by atoms with Gasteiger partial charge in [0.25, 0.3) is 5.56 Å². The molecule has 0 atom stereocenters. The van der Waals surface area contributed by atoms with Crippen molar-refractivity contribution in [2.75, 3.05) is 5.32 Å². The van der Waals surface area contributed by atoms with Crippen molar-refractivity contribution in [2.45, 2.75) is 23.0 Å². The molecule has 1 aliphatic carbocycles. The van der Waals surface area contributed by atoms with Crippen molar-refractivity contribution in [1.82, 2.24) is 9.55 Å². The molecule has 2 N–H and O–H groups in total. The summed E-state index contributed by atoms with van der Waals surface area (Å²) in [5.41, 5.74) is 2.99. The third-order valence-corrected chi connectivity index (χ3v) is 6.53. The van der Waals surface area contributed by atoms with E-state index in [1.54, 1.807) is 19.4 Å². The second-order valence-electron chi connectivity index (χ2n) is 7.50. The van der Waals surface area contributed by atoms with Gasteiger partial charge in [-0.3, -0.25) is 4.79 Å². The third kappa shape index (κ3) is 3.50. The fourth-order valence-electron chi connectivity index (χ4n) is 3.53. The zero-order chi connectivity index (χ0) is 20.8. The van der Waals surface area contributed by atoms with Gasteiger partial charge in [-0.1, -0.05) is 0 Å². The highest BCUT2D eigenvalue weighted by Gasteiger charge is 2.23. The van der Waals surface area contributed by atoms with E-state index in [4.69, 9.17) is 0 Å². The summed E-state index contributed by atoms with van der Waals surface area (Å²) in [6, 6.07) is 11.3. The summed E-state index contributed by atoms with van der Waals surface area (Å²) in [5, 5.41) is 4.54. The molecule has 2 aromatic heterocycles. The van der Waals surface area contributed by atoms with Crippen LogP contribution in [0.3, 0.4) is 0 Å². The molecule has 1 saturated carbocycles. The molecule has 0 bridgehead atoms. The molecule has 4 aromatic rings. The zero-order valence-corrected chi connectivity index (χ0v) is 17.0. The van der Waals surface area contributed by atoms with Crippen LogP contribution >= 0.6 is 11.8 Å². The average Bonchev–Trinajstić information content (AvgIpc) is 3.39. The predicted molar refractivity (Wildman–Crippen MR) is 117 cm³/mol. The Hall–Kier alpha value is -3.06. The Balaban J connectivity index is 1.68. The SMILES string of the molecule is Cn1cc(-c2cc(SC3CC3)ccc2Nc2ccc(F)cc2F)c2cc[nH]c2c1=O. The first kappa shape index (κ1) is 18.9. The van der Waals surface area contributed by atoms with E-state index in [2.05, 4.69) is 16.4 Å². The van der Waals surface area contributed by atoms with Gasteiger partial charge in [0.1, 0.15) is 17.2 Å². The molecule has 0 amide bonds. The van der Waals surface area contributed by atoms with Gasteiger partial charge in [-0.15, -0.1) is 11.8 Å². The van der Waals surface area contributed by atoms with Crippen molar-refractivity contribution >= 4 is 34.0 Å². The number of hydrogen-bond donors (Lipinski definition) is 2. The van der Waals surface area contributed by atoms with E-state index >= 15 is 0 Å². The van der Waals surface area contributed by atoms with Crippen LogP contribution in [0.15, 0.2) is 64.5 Å². The minimum Gasteiger partial charge on any atom is -0.357 e. The van der Waals surface area contributed by atoms with Gasteiger partial charge < -0.3 is 14.9 Å². The third-order valence-electron chi connectivity index (χ3n) is 5.20. The Morgan fingerprint density at radius 1 is 1.07 bits per heavy atom. The summed E-state index contributed by atoms with van der Waals surface area (Å²) in [6.45, 7) is 0. The second kappa shape index (κ2) is 7.32. The molecule has 0 saturated heterocycles. The van der Waals surface area contributed by atoms with Gasteiger partial charge in [0.2, 0.25) is 0 Å². The van der Waals surface area contributed by atoms with Crippen molar-refractivity contribution in [3.8, 4) is 11.1 Å². The second-order valence-corrected chi connectivity index (χ2v) is 8.87. The minimum atomic E-state index is -0.662. The van der Waals surface area contributed by atoms with Gasteiger partial charge in [-0.25, -0.2) is 8.78 Å². The molecule has 0 aliphatic heterocycles. The van der Waals surface area contributed by atoms with Crippen molar-refractivity contribution in [3.05, 3.63) is 76.8 Å². The van der Waals surface area contributed by atoms with E-state index in [-0.39, 0.29) is 11.2 Å². The summed E-state index contributed by atoms with van der Waals surface area (Å²) >= 11 is 1.83. The van der Waals surface area contributed by atoms with Crippen LogP contribution < -0.4 is 10.9 Å². The van der Waals surface area contributed by atoms with E-state index in [1.807, 2.05) is 30.0 Å². The van der Waals surface area contributed by atoms with Gasteiger partial charge in [0.15, 0.2) is 0 Å². The van der Waals surface area contributed by atoms with Gasteiger partial charge in [0.05, 0.1) is 5.69 Å². The van der Waals surface area contributed by atoms with Crippen molar-refractivity contribution < 1.29 is 8.78 Å². The quantitative estimate of drug-likeness (QED) is 0.426. The smallest absolute Gasteiger partial charge is 0.274 e. The standard InChI is InChI=1S/C23H19F2N3OS/c1-28-12-18(16-8-9-26-22(16)23(28)29)17-11-15(30-14-3-4-14)5-7-20(17)27-21-6-2-13(24)10-19(21)25/h2,5-12,14,26-27H,3-4H2,1H3. The van der Waals surface area contributed by atoms with Crippen LogP contribution in [0, 0.1) is 11.6 Å². The van der Waals surface area contributed by atoms with Crippen LogP contribution in [0.25, 0.3) is 22.0 Å². The first-order valence-electron chi connectivity index (χ1n) is 9.69. The van der Waals surface area contributed by atoms with E-state index in [0.29, 0.717) is 16.5 Å². The Bertz CT molecular complexity index is 1320. The highest BCUT2D eigenvalue weighted by molar-refractivity contribution is 8.00. The summed E-state index contributed by atoms with van der Waals surface area (Å²) in [7, 11) is 1.71. The van der Waals surface area contributed by atoms with Crippen LogP contribution in [-0.2, 0) is 7.05 Å². The van der Waals surface area contributed by atoms with Gasteiger partial charge in [-0.2, -0.15) is 0 Å². The van der Waals surface area contributed by atoms with Crippen LogP contribution in [0.5, 0.6) is 0 Å². The molecular formula is C23H19F2N3OS. The number of benzene rings is 2. The summed E-state index contributed by atoms with van der Waals surface area (Å²) in [6.07, 6.45) is 5.96. The molecule has 0 spiro atoms. The number of H-pyrrole nitrogens is 1. The number of rotatable bonds is 5. The molecule has 1 aliphatic rings. The lowest BCUT2D eigenvalue weighted by Crippen LogP contribution is -2.16. The number of aromatic nitrogens is 2. The van der Waals surface area contributed by atoms with Crippen molar-refractivity contribution in [1.29, 1.82) is 0 Å². The Morgan fingerprint density at radius 2 is 1.87 bits per heavy atom. The number of fused-ring (bicyclic) bond motifs is 1. The molecule has 30 heavy (non-hydrogen) atoms. The number of aromatic amines is 1. The maximum atomic E-state index is 14.3. The number of hydrogen-bond acceptors (Lipinski definition) is 3. The number of nitrogens with one attached hydrogen (secondary N) is 2. The Labute approximate surface area is 175 Å². The van der Waals surface area contributed by atoms with E-state index in [9.17, 15) is 13.6 Å². The number of nitrogens with zero attached hydrogens (tertiary/aromatic N) is 1. The average molecular weight is 423 g/mol. The normalized spacial score (nSPS) is 13.7. The molecule has 152 valence electrons. The minimum absolute atomic E-state index is 0.110. The molecule has 2 heterocycles. The molecular weight excluding hydrogens is 404 g/mol. The summed E-state index contributed by atoms with van der Waals surface area (Å²) in [5.74, 6) is -1.29. The van der Waals surface area contributed by atoms with Crippen LogP contribution in [0.4, 0.5) is 20.2 Å². The molecule has 4 nitrogen and oxygen atoms in total. The lowest BCUT2D eigenvalue weighted by Gasteiger charge is -2.16. The number of pyridine rings is 1. The molecule has 0 unspecified atom stereocenters. The number of halogens is 2. The predicted octanol–water partition coefficient (Wildman–Crippen LogP) is 5.81. The zero-order valence-electron chi connectivity index (χ0n) is 16.2. The van der Waals surface area contributed by atoms with Gasteiger partial charge in [0, 0.05) is 57.9 Å². The van der Waals surface area contributed by atoms with Crippen LogP contribution in [-0.4, -0.2) is 14.8 Å². The number of thioether (sulfide) groups is 1. The Morgan fingerprint density at radius 3 is 2.63 bits per heavy atom. The van der Waals surface area contributed by atoms with Crippen molar-refractivity contribution in [3.63, 3.8) is 0 Å². The maximum absolute atomic E-state index is 14.3. The van der Waals surface area contributed by atoms with Crippen LogP contribution in [0.1, 0.15) is 12.8 Å². The highest BCUT2D eigenvalue weighted by Crippen LogP contribution is 2.43. The van der Waals surface area contributed by atoms with E-state index in [1.165, 1.54) is 29.5 Å².